The van der Waals surface area contributed by atoms with Crippen molar-refractivity contribution in [2.45, 2.75) is 52.0 Å². The summed E-state index contributed by atoms with van der Waals surface area (Å²) in [6, 6.07) is 7.05. The molecule has 2 heteroatoms. The predicted molar refractivity (Wildman–Crippen MR) is 80.7 cm³/mol. The van der Waals surface area contributed by atoms with Crippen molar-refractivity contribution in [2.75, 3.05) is 13.7 Å². The minimum Gasteiger partial charge on any atom is -0.496 e. The number of aryl methyl sites for hydroxylation is 1. The van der Waals surface area contributed by atoms with E-state index >= 15 is 0 Å². The van der Waals surface area contributed by atoms with Gasteiger partial charge in [-0.3, -0.25) is 0 Å². The van der Waals surface area contributed by atoms with Gasteiger partial charge in [-0.05, 0) is 43.9 Å². The largest absolute Gasteiger partial charge is 0.496 e. The summed E-state index contributed by atoms with van der Waals surface area (Å²) in [6.07, 6.45) is 6.84. The zero-order valence-corrected chi connectivity index (χ0v) is 12.5. The molecule has 0 heterocycles. The van der Waals surface area contributed by atoms with Gasteiger partial charge in [-0.15, -0.1) is 0 Å². The standard InChI is InChI=1S/C17H27NO/c1-4-18-17(14-8-6-5-7-9-14)15-11-10-13(2)12-16(15)19-3/h10-12,14,17-18H,4-9H2,1-3H3. The summed E-state index contributed by atoms with van der Waals surface area (Å²) in [5.41, 5.74) is 2.60. The second kappa shape index (κ2) is 6.95. The molecule has 1 aliphatic rings. The molecule has 0 saturated heterocycles. The van der Waals surface area contributed by atoms with Gasteiger partial charge in [-0.2, -0.15) is 0 Å². The van der Waals surface area contributed by atoms with Crippen LogP contribution in [0.4, 0.5) is 0 Å². The molecule has 2 rings (SSSR count). The van der Waals surface area contributed by atoms with Crippen molar-refractivity contribution < 1.29 is 4.74 Å². The molecular formula is C17H27NO. The fourth-order valence-electron chi connectivity index (χ4n) is 3.29. The second-order valence-corrected chi connectivity index (χ2v) is 5.68. The van der Waals surface area contributed by atoms with Gasteiger partial charge in [0.25, 0.3) is 0 Å². The summed E-state index contributed by atoms with van der Waals surface area (Å²) in [6.45, 7) is 5.32. The minimum atomic E-state index is 0.445. The molecule has 1 N–H and O–H groups in total. The fraction of sp³-hybridized carbons (Fsp3) is 0.647. The van der Waals surface area contributed by atoms with Crippen molar-refractivity contribution in [3.8, 4) is 5.75 Å². The lowest BCUT2D eigenvalue weighted by molar-refractivity contribution is 0.268. The van der Waals surface area contributed by atoms with Crippen molar-refractivity contribution in [3.05, 3.63) is 29.3 Å². The van der Waals surface area contributed by atoms with Gasteiger partial charge < -0.3 is 10.1 Å². The van der Waals surface area contributed by atoms with Crippen LogP contribution in [-0.2, 0) is 0 Å². The van der Waals surface area contributed by atoms with Crippen molar-refractivity contribution in [2.24, 2.45) is 5.92 Å². The number of ether oxygens (including phenoxy) is 1. The van der Waals surface area contributed by atoms with E-state index in [1.165, 1.54) is 43.2 Å². The summed E-state index contributed by atoms with van der Waals surface area (Å²) >= 11 is 0. The van der Waals surface area contributed by atoms with Crippen LogP contribution in [0.5, 0.6) is 5.75 Å². The van der Waals surface area contributed by atoms with Crippen molar-refractivity contribution in [3.63, 3.8) is 0 Å². The highest BCUT2D eigenvalue weighted by Gasteiger charge is 2.26. The first-order valence-corrected chi connectivity index (χ1v) is 7.64. The molecule has 1 atom stereocenters. The smallest absolute Gasteiger partial charge is 0.123 e. The second-order valence-electron chi connectivity index (χ2n) is 5.68. The van der Waals surface area contributed by atoms with Gasteiger partial charge in [0.05, 0.1) is 7.11 Å². The van der Waals surface area contributed by atoms with E-state index in [9.17, 15) is 0 Å². The van der Waals surface area contributed by atoms with Gasteiger partial charge in [0.1, 0.15) is 5.75 Å². The van der Waals surface area contributed by atoms with Gasteiger partial charge in [-0.1, -0.05) is 38.3 Å². The average molecular weight is 261 g/mol. The Morgan fingerprint density at radius 2 is 2.00 bits per heavy atom. The van der Waals surface area contributed by atoms with Crippen LogP contribution < -0.4 is 10.1 Å². The third-order valence-electron chi connectivity index (χ3n) is 4.27. The molecular weight excluding hydrogens is 234 g/mol. The minimum absolute atomic E-state index is 0.445. The summed E-state index contributed by atoms with van der Waals surface area (Å²) < 4.78 is 5.60. The van der Waals surface area contributed by atoms with E-state index in [4.69, 9.17) is 4.74 Å². The summed E-state index contributed by atoms with van der Waals surface area (Å²) in [4.78, 5) is 0. The maximum absolute atomic E-state index is 5.60. The Morgan fingerprint density at radius 3 is 2.63 bits per heavy atom. The lowest BCUT2D eigenvalue weighted by atomic mass is 9.80. The van der Waals surface area contributed by atoms with E-state index in [0.29, 0.717) is 6.04 Å². The molecule has 0 bridgehead atoms. The maximum Gasteiger partial charge on any atom is 0.123 e. The predicted octanol–water partition coefficient (Wildman–Crippen LogP) is 4.23. The molecule has 0 radical (unpaired) electrons. The Bertz CT molecular complexity index is 396. The van der Waals surface area contributed by atoms with Crippen molar-refractivity contribution in [1.29, 1.82) is 0 Å². The molecule has 0 aliphatic heterocycles. The van der Waals surface area contributed by atoms with Gasteiger partial charge in [0.2, 0.25) is 0 Å². The van der Waals surface area contributed by atoms with Crippen molar-refractivity contribution in [1.82, 2.24) is 5.32 Å². The molecule has 1 aliphatic carbocycles. The summed E-state index contributed by atoms with van der Waals surface area (Å²) in [5.74, 6) is 1.79. The number of nitrogens with one attached hydrogen (secondary N) is 1. The lowest BCUT2D eigenvalue weighted by Crippen LogP contribution is -2.30. The summed E-state index contributed by atoms with van der Waals surface area (Å²) in [7, 11) is 1.78. The molecule has 0 amide bonds. The maximum atomic E-state index is 5.60. The number of rotatable bonds is 5. The third kappa shape index (κ3) is 3.50. The topological polar surface area (TPSA) is 21.3 Å². The van der Waals surface area contributed by atoms with E-state index in [1.54, 1.807) is 7.11 Å². The van der Waals surface area contributed by atoms with Crippen LogP contribution in [0.2, 0.25) is 0 Å². The molecule has 19 heavy (non-hydrogen) atoms. The van der Waals surface area contributed by atoms with E-state index in [0.717, 1.165) is 18.2 Å². The Balaban J connectivity index is 2.26. The zero-order chi connectivity index (χ0) is 13.7. The average Bonchev–Trinajstić information content (AvgIpc) is 2.46. The first-order chi connectivity index (χ1) is 9.26. The van der Waals surface area contributed by atoms with Crippen LogP contribution in [0.25, 0.3) is 0 Å². The van der Waals surface area contributed by atoms with Gasteiger partial charge in [-0.25, -0.2) is 0 Å². The highest BCUT2D eigenvalue weighted by Crippen LogP contribution is 2.38. The van der Waals surface area contributed by atoms with E-state index in [2.05, 4.69) is 37.4 Å². The Labute approximate surface area is 117 Å². The molecule has 1 aromatic rings. The number of hydrogen-bond donors (Lipinski definition) is 1. The van der Waals surface area contributed by atoms with E-state index < -0.39 is 0 Å². The van der Waals surface area contributed by atoms with Crippen LogP contribution in [0.1, 0.15) is 56.2 Å². The molecule has 1 unspecified atom stereocenters. The zero-order valence-electron chi connectivity index (χ0n) is 12.5. The lowest BCUT2D eigenvalue weighted by Gasteiger charge is -2.32. The van der Waals surface area contributed by atoms with Crippen molar-refractivity contribution >= 4 is 0 Å². The monoisotopic (exact) mass is 261 g/mol. The molecule has 106 valence electrons. The normalized spacial score (nSPS) is 18.3. The molecule has 1 saturated carbocycles. The van der Waals surface area contributed by atoms with Gasteiger partial charge >= 0.3 is 0 Å². The SMILES string of the molecule is CCNC(c1ccc(C)cc1OC)C1CCCCC1. The first kappa shape index (κ1) is 14.4. The van der Waals surface area contributed by atoms with Crippen LogP contribution in [-0.4, -0.2) is 13.7 Å². The Kier molecular flexibility index (Phi) is 5.26. The van der Waals surface area contributed by atoms with Crippen LogP contribution in [0.15, 0.2) is 18.2 Å². The van der Waals surface area contributed by atoms with Crippen LogP contribution >= 0.6 is 0 Å². The molecule has 1 aromatic carbocycles. The first-order valence-electron chi connectivity index (χ1n) is 7.64. The van der Waals surface area contributed by atoms with Gasteiger partial charge in [0, 0.05) is 11.6 Å². The Hall–Kier alpha value is -1.02. The molecule has 1 fully saturated rings. The van der Waals surface area contributed by atoms with Crippen LogP contribution in [0, 0.1) is 12.8 Å². The van der Waals surface area contributed by atoms with E-state index in [1.807, 2.05) is 0 Å². The highest BCUT2D eigenvalue weighted by molar-refractivity contribution is 5.39. The fourth-order valence-corrected chi connectivity index (χ4v) is 3.29. The molecule has 0 aromatic heterocycles. The highest BCUT2D eigenvalue weighted by atomic mass is 16.5. The Morgan fingerprint density at radius 1 is 1.26 bits per heavy atom. The summed E-state index contributed by atoms with van der Waals surface area (Å²) in [5, 5.41) is 3.68. The number of benzene rings is 1. The van der Waals surface area contributed by atoms with Gasteiger partial charge in [0.15, 0.2) is 0 Å². The molecule has 2 nitrogen and oxygen atoms in total. The van der Waals surface area contributed by atoms with E-state index in [-0.39, 0.29) is 0 Å². The number of hydrogen-bond acceptors (Lipinski definition) is 2. The quantitative estimate of drug-likeness (QED) is 0.856. The molecule has 0 spiro atoms. The number of methoxy groups -OCH3 is 1. The van der Waals surface area contributed by atoms with Crippen LogP contribution in [0.3, 0.4) is 0 Å². The third-order valence-corrected chi connectivity index (χ3v) is 4.27.